The molecule has 1 fully saturated rings. The normalized spacial score (nSPS) is 23.5. The van der Waals surface area contributed by atoms with Crippen molar-refractivity contribution in [3.63, 3.8) is 0 Å². The highest BCUT2D eigenvalue weighted by molar-refractivity contribution is 5.83. The van der Waals surface area contributed by atoms with Gasteiger partial charge in [0.05, 0.1) is 6.04 Å². The highest BCUT2D eigenvalue weighted by atomic mass is 16.5. The Morgan fingerprint density at radius 2 is 1.82 bits per heavy atom. The van der Waals surface area contributed by atoms with E-state index in [0.29, 0.717) is 11.7 Å². The van der Waals surface area contributed by atoms with E-state index in [0.717, 1.165) is 43.5 Å². The molecule has 3 aromatic carbocycles. The Morgan fingerprint density at radius 1 is 1.06 bits per heavy atom. The number of nitrogens with one attached hydrogen (secondary N) is 1. The Labute approximate surface area is 195 Å². The van der Waals surface area contributed by atoms with Crippen molar-refractivity contribution in [3.8, 4) is 5.75 Å². The summed E-state index contributed by atoms with van der Waals surface area (Å²) in [5.41, 5.74) is 4.28. The zero-order chi connectivity index (χ0) is 22.7. The van der Waals surface area contributed by atoms with Crippen molar-refractivity contribution >= 4 is 11.7 Å². The van der Waals surface area contributed by atoms with Gasteiger partial charge in [-0.3, -0.25) is 0 Å². The number of hydrogen-bond donors (Lipinski definition) is 1. The first kappa shape index (κ1) is 21.5. The standard InChI is InChI=1S/C29H29NO3/c1-2-28(31)33-27-15-9-6-12-23(27)26-20-29(24-13-7-8-14-25(24)30-26)22(18-19-32-29)17-16-21-10-4-3-5-11-21/h2-15,22,26,30H,1,16-20H2/t22-,26+,29+/m0/s1. The maximum atomic E-state index is 12.0. The van der Waals surface area contributed by atoms with Crippen molar-refractivity contribution < 1.29 is 14.3 Å². The van der Waals surface area contributed by atoms with E-state index in [1.807, 2.05) is 24.3 Å². The van der Waals surface area contributed by atoms with Gasteiger partial charge in [-0.2, -0.15) is 0 Å². The zero-order valence-electron chi connectivity index (χ0n) is 18.7. The summed E-state index contributed by atoms with van der Waals surface area (Å²) < 4.78 is 12.2. The molecule has 0 aromatic heterocycles. The quantitative estimate of drug-likeness (QED) is 0.282. The minimum atomic E-state index is -0.453. The number of benzene rings is 3. The van der Waals surface area contributed by atoms with Gasteiger partial charge in [0.25, 0.3) is 0 Å². The summed E-state index contributed by atoms with van der Waals surface area (Å²) in [5.74, 6) is 0.519. The molecule has 2 aliphatic rings. The van der Waals surface area contributed by atoms with E-state index in [4.69, 9.17) is 9.47 Å². The van der Waals surface area contributed by atoms with Crippen molar-refractivity contribution in [2.75, 3.05) is 11.9 Å². The number of fused-ring (bicyclic) bond motifs is 2. The van der Waals surface area contributed by atoms with Gasteiger partial charge >= 0.3 is 5.97 Å². The second kappa shape index (κ2) is 9.24. The molecule has 0 saturated carbocycles. The topological polar surface area (TPSA) is 47.6 Å². The molecule has 0 bridgehead atoms. The third kappa shape index (κ3) is 4.19. The molecule has 3 aromatic rings. The smallest absolute Gasteiger partial charge is 0.335 e. The molecule has 1 saturated heterocycles. The predicted octanol–water partition coefficient (Wildman–Crippen LogP) is 6.20. The summed E-state index contributed by atoms with van der Waals surface area (Å²) in [4.78, 5) is 12.0. The lowest BCUT2D eigenvalue weighted by atomic mass is 9.71. The number of para-hydroxylation sites is 2. The van der Waals surface area contributed by atoms with Gasteiger partial charge in [0.2, 0.25) is 0 Å². The predicted molar refractivity (Wildman–Crippen MR) is 130 cm³/mol. The highest BCUT2D eigenvalue weighted by Gasteiger charge is 2.50. The third-order valence-electron chi connectivity index (χ3n) is 7.00. The van der Waals surface area contributed by atoms with Crippen LogP contribution in [0.15, 0.2) is 91.5 Å². The number of carbonyl (C=O) groups excluding carboxylic acids is 1. The van der Waals surface area contributed by atoms with Crippen LogP contribution in [-0.2, 0) is 21.6 Å². The first-order valence-corrected chi connectivity index (χ1v) is 11.7. The van der Waals surface area contributed by atoms with Gasteiger partial charge in [-0.05, 0) is 42.9 Å². The largest absolute Gasteiger partial charge is 0.423 e. The number of rotatable bonds is 6. The molecule has 168 valence electrons. The Balaban J connectivity index is 1.49. The fourth-order valence-corrected chi connectivity index (χ4v) is 5.45. The molecule has 4 heteroatoms. The number of anilines is 1. The number of esters is 1. The van der Waals surface area contributed by atoms with Crippen molar-refractivity contribution in [1.29, 1.82) is 0 Å². The van der Waals surface area contributed by atoms with Gasteiger partial charge in [0, 0.05) is 35.9 Å². The first-order chi connectivity index (χ1) is 16.2. The Kier molecular flexibility index (Phi) is 6.01. The van der Waals surface area contributed by atoms with Crippen LogP contribution in [0.2, 0.25) is 0 Å². The average Bonchev–Trinajstić information content (AvgIpc) is 3.26. The van der Waals surface area contributed by atoms with Crippen LogP contribution in [0.4, 0.5) is 5.69 Å². The van der Waals surface area contributed by atoms with Crippen LogP contribution >= 0.6 is 0 Å². The summed E-state index contributed by atoms with van der Waals surface area (Å²) in [7, 11) is 0. The van der Waals surface area contributed by atoms with Crippen LogP contribution in [-0.4, -0.2) is 12.6 Å². The van der Waals surface area contributed by atoms with Gasteiger partial charge in [-0.1, -0.05) is 73.3 Å². The van der Waals surface area contributed by atoms with Gasteiger partial charge in [0.15, 0.2) is 0 Å². The van der Waals surface area contributed by atoms with Crippen LogP contribution in [0.25, 0.3) is 0 Å². The Bertz CT molecular complexity index is 1140. The highest BCUT2D eigenvalue weighted by Crippen LogP contribution is 2.54. The maximum absolute atomic E-state index is 12.0. The van der Waals surface area contributed by atoms with E-state index < -0.39 is 5.97 Å². The van der Waals surface area contributed by atoms with Crippen molar-refractivity contribution in [2.45, 2.75) is 37.3 Å². The monoisotopic (exact) mass is 439 g/mol. The average molecular weight is 440 g/mol. The lowest BCUT2D eigenvalue weighted by Gasteiger charge is -2.44. The molecule has 0 amide bonds. The van der Waals surface area contributed by atoms with Crippen LogP contribution in [0.5, 0.6) is 5.75 Å². The molecule has 0 aliphatic carbocycles. The van der Waals surface area contributed by atoms with E-state index >= 15 is 0 Å². The van der Waals surface area contributed by atoms with E-state index in [-0.39, 0.29) is 11.6 Å². The fraction of sp³-hybridized carbons (Fsp3) is 0.276. The summed E-state index contributed by atoms with van der Waals surface area (Å²) >= 11 is 0. The number of hydrogen-bond acceptors (Lipinski definition) is 4. The van der Waals surface area contributed by atoms with E-state index in [2.05, 4.69) is 66.5 Å². The molecule has 1 N–H and O–H groups in total. The summed E-state index contributed by atoms with van der Waals surface area (Å²) in [6, 6.07) is 26.8. The zero-order valence-corrected chi connectivity index (χ0v) is 18.7. The summed E-state index contributed by atoms with van der Waals surface area (Å²) in [5, 5.41) is 3.69. The second-order valence-corrected chi connectivity index (χ2v) is 8.86. The van der Waals surface area contributed by atoms with Gasteiger partial charge < -0.3 is 14.8 Å². The lowest BCUT2D eigenvalue weighted by Crippen LogP contribution is -2.40. The fourth-order valence-electron chi connectivity index (χ4n) is 5.45. The molecule has 4 nitrogen and oxygen atoms in total. The molecule has 0 unspecified atom stereocenters. The third-order valence-corrected chi connectivity index (χ3v) is 7.00. The van der Waals surface area contributed by atoms with Crippen LogP contribution < -0.4 is 10.1 Å². The molecule has 3 atom stereocenters. The lowest BCUT2D eigenvalue weighted by molar-refractivity contribution is -0.129. The van der Waals surface area contributed by atoms with Gasteiger partial charge in [-0.15, -0.1) is 0 Å². The molecule has 33 heavy (non-hydrogen) atoms. The molecular weight excluding hydrogens is 410 g/mol. The first-order valence-electron chi connectivity index (χ1n) is 11.7. The van der Waals surface area contributed by atoms with Crippen LogP contribution in [0.1, 0.15) is 42.0 Å². The van der Waals surface area contributed by atoms with E-state index in [1.54, 1.807) is 0 Å². The Hall–Kier alpha value is -3.37. The minimum Gasteiger partial charge on any atom is -0.423 e. The SMILES string of the molecule is C=CC(=O)Oc1ccccc1[C@H]1C[C@]2(OCC[C@@H]2CCc2ccccc2)c2ccccc2N1. The number of ether oxygens (including phenoxy) is 2. The summed E-state index contributed by atoms with van der Waals surface area (Å²) in [6.07, 6.45) is 5.12. The van der Waals surface area contributed by atoms with Crippen molar-refractivity contribution in [3.05, 3.63) is 108 Å². The van der Waals surface area contributed by atoms with Crippen molar-refractivity contribution in [2.24, 2.45) is 5.92 Å². The van der Waals surface area contributed by atoms with Crippen molar-refractivity contribution in [1.82, 2.24) is 0 Å². The maximum Gasteiger partial charge on any atom is 0.335 e. The summed E-state index contributed by atoms with van der Waals surface area (Å²) in [6.45, 7) is 4.29. The Morgan fingerprint density at radius 3 is 2.67 bits per heavy atom. The second-order valence-electron chi connectivity index (χ2n) is 8.86. The van der Waals surface area contributed by atoms with Crippen LogP contribution in [0.3, 0.4) is 0 Å². The molecule has 1 spiro atoms. The molecule has 2 aliphatic heterocycles. The molecule has 0 radical (unpaired) electrons. The minimum absolute atomic E-state index is 0.0361. The molecular formula is C29H29NO3. The van der Waals surface area contributed by atoms with Gasteiger partial charge in [-0.25, -0.2) is 4.79 Å². The van der Waals surface area contributed by atoms with Gasteiger partial charge in [0.1, 0.15) is 11.4 Å². The van der Waals surface area contributed by atoms with E-state index in [1.165, 1.54) is 17.2 Å². The number of aryl methyl sites for hydroxylation is 1. The molecule has 5 rings (SSSR count). The van der Waals surface area contributed by atoms with E-state index in [9.17, 15) is 4.79 Å². The number of carbonyl (C=O) groups is 1. The van der Waals surface area contributed by atoms with Crippen LogP contribution in [0, 0.1) is 5.92 Å². The molecule has 2 heterocycles.